The molecule has 0 spiro atoms. The lowest BCUT2D eigenvalue weighted by Crippen LogP contribution is -2.50. The van der Waals surface area contributed by atoms with Gasteiger partial charge in [0.15, 0.2) is 18.0 Å². The number of carbonyl (C=O) groups excluding carboxylic acids is 4. The van der Waals surface area contributed by atoms with Crippen LogP contribution in [0.2, 0.25) is 0 Å². The Kier molecular flexibility index (Phi) is 18.5. The first-order chi connectivity index (χ1) is 35.9. The summed E-state index contributed by atoms with van der Waals surface area (Å²) in [5.41, 5.74) is 6.92. The number of aromatic nitrogens is 1. The molecular formula is C57H66BF2N7O6S. The number of hydrogen-bond donors (Lipinski definition) is 5. The molecule has 5 heterocycles. The van der Waals surface area contributed by atoms with Crippen LogP contribution in [0.4, 0.5) is 14.3 Å². The molecule has 2 aromatic heterocycles. The number of likely N-dealkylation sites (N-methyl/N-ethyl adjacent to an activating group) is 1. The number of nitrogens with zero attached hydrogens (tertiary/aromatic N) is 3. The van der Waals surface area contributed by atoms with Crippen LogP contribution in [0, 0.1) is 0 Å². The van der Waals surface area contributed by atoms with Gasteiger partial charge in [-0.1, -0.05) is 68.2 Å². The number of unbranched alkanes of at least 4 members (excludes halogenated alkanes) is 6. The minimum atomic E-state index is -4.13. The van der Waals surface area contributed by atoms with E-state index in [-0.39, 0.29) is 54.9 Å². The number of nitrogens with one attached hydrogen (secondary N) is 4. The number of benzene rings is 3. The molecule has 0 fully saturated rings. The molecule has 0 aliphatic carbocycles. The van der Waals surface area contributed by atoms with Crippen LogP contribution in [0.3, 0.4) is 0 Å². The summed E-state index contributed by atoms with van der Waals surface area (Å²) in [6.45, 7) is -1.17. The molecule has 3 aliphatic rings. The third-order valence-electron chi connectivity index (χ3n) is 13.7. The number of carbonyl (C=O) groups is 4. The van der Waals surface area contributed by atoms with Crippen molar-refractivity contribution in [3.8, 4) is 11.5 Å². The predicted octanol–water partition coefficient (Wildman–Crippen LogP) is 9.35. The van der Waals surface area contributed by atoms with Gasteiger partial charge in [-0.3, -0.25) is 19.2 Å². The monoisotopic (exact) mass is 1030 g/mol. The van der Waals surface area contributed by atoms with Crippen molar-refractivity contribution in [1.29, 1.82) is 0 Å². The summed E-state index contributed by atoms with van der Waals surface area (Å²) >= 11 is 1.43. The van der Waals surface area contributed by atoms with Crippen LogP contribution in [0.5, 0.6) is 11.5 Å². The van der Waals surface area contributed by atoms with E-state index in [2.05, 4.69) is 45.3 Å². The highest BCUT2D eigenvalue weighted by Gasteiger charge is 2.52. The lowest BCUT2D eigenvalue weighted by Gasteiger charge is -2.30. The van der Waals surface area contributed by atoms with Crippen LogP contribution in [-0.4, -0.2) is 102 Å². The molecular weight excluding hydrogens is 960 g/mol. The summed E-state index contributed by atoms with van der Waals surface area (Å²) in [7, 11) is 2.12. The van der Waals surface area contributed by atoms with Gasteiger partial charge in [0.2, 0.25) is 17.7 Å². The average Bonchev–Trinajstić information content (AvgIpc) is 4.16. The molecule has 4 amide bonds. The van der Waals surface area contributed by atoms with Crippen molar-refractivity contribution >= 4 is 71.6 Å². The van der Waals surface area contributed by atoms with Gasteiger partial charge in [0.05, 0.1) is 4.88 Å². The third-order valence-corrected chi connectivity index (χ3v) is 14.5. The quantitative estimate of drug-likeness (QED) is 0.0288. The van der Waals surface area contributed by atoms with Gasteiger partial charge < -0.3 is 53.6 Å². The Balaban J connectivity index is 0.609. The number of hydrogen-bond acceptors (Lipinski definition) is 8. The summed E-state index contributed by atoms with van der Waals surface area (Å²) in [6, 6.07) is 27.9. The lowest BCUT2D eigenvalue weighted by atomic mass is 9.88. The fourth-order valence-corrected chi connectivity index (χ4v) is 10.4. The van der Waals surface area contributed by atoms with Crippen LogP contribution in [0.1, 0.15) is 115 Å². The minimum absolute atomic E-state index is 0.00680. The first-order valence-corrected chi connectivity index (χ1v) is 26.7. The first kappa shape index (κ1) is 53.2. The fourth-order valence-electron chi connectivity index (χ4n) is 9.70. The Bertz CT molecular complexity index is 2880. The number of anilines is 1. The van der Waals surface area contributed by atoms with Crippen molar-refractivity contribution in [2.45, 2.75) is 83.0 Å². The van der Waals surface area contributed by atoms with Crippen LogP contribution in [-0.2, 0) is 25.6 Å². The topological polar surface area (TPSA) is 157 Å². The number of rotatable bonds is 25. The zero-order valence-electron chi connectivity index (χ0n) is 42.0. The number of phenolic OH excluding ortho intramolecular Hbond substituents is 1. The van der Waals surface area contributed by atoms with Crippen LogP contribution < -0.4 is 26.0 Å². The van der Waals surface area contributed by atoms with Crippen LogP contribution in [0.25, 0.3) is 18.2 Å². The largest absolute Gasteiger partial charge is 0.737 e. The van der Waals surface area contributed by atoms with Crippen molar-refractivity contribution < 1.29 is 42.1 Å². The Morgan fingerprint density at radius 1 is 0.770 bits per heavy atom. The van der Waals surface area contributed by atoms with Gasteiger partial charge in [-0.2, -0.15) is 0 Å². The maximum absolute atomic E-state index is 16.1. The zero-order chi connectivity index (χ0) is 51.9. The van der Waals surface area contributed by atoms with Crippen molar-refractivity contribution in [3.05, 3.63) is 153 Å². The molecule has 0 bridgehead atoms. The maximum Gasteiger partial charge on any atom is 0.737 e. The highest BCUT2D eigenvalue weighted by atomic mass is 32.1. The van der Waals surface area contributed by atoms with E-state index in [1.165, 1.54) is 16.9 Å². The molecule has 8 rings (SSSR count). The van der Waals surface area contributed by atoms with Gasteiger partial charge in [-0.15, -0.1) is 11.3 Å². The van der Waals surface area contributed by atoms with E-state index in [9.17, 15) is 24.3 Å². The van der Waals surface area contributed by atoms with Crippen molar-refractivity contribution in [1.82, 2.24) is 25.3 Å². The number of aromatic hydroxyl groups is 1. The molecule has 0 saturated carbocycles. The maximum atomic E-state index is 16.1. The van der Waals surface area contributed by atoms with Gasteiger partial charge in [0, 0.05) is 93.2 Å². The smallest absolute Gasteiger partial charge is 0.508 e. The molecule has 3 aliphatic heterocycles. The zero-order valence-corrected chi connectivity index (χ0v) is 42.8. The summed E-state index contributed by atoms with van der Waals surface area (Å²) in [6.07, 6.45) is 17.2. The number of fused-ring (bicyclic) bond motifs is 3. The number of phenols is 1. The van der Waals surface area contributed by atoms with E-state index in [4.69, 9.17) is 4.74 Å². The van der Waals surface area contributed by atoms with Gasteiger partial charge in [0.25, 0.3) is 5.91 Å². The molecule has 1 unspecified atom stereocenters. The number of thiophene rings is 1. The van der Waals surface area contributed by atoms with Crippen molar-refractivity contribution in [2.24, 2.45) is 0 Å². The average molecular weight is 1030 g/mol. The second kappa shape index (κ2) is 25.7. The number of ether oxygens (including phenoxy) is 1. The molecule has 0 saturated heterocycles. The van der Waals surface area contributed by atoms with Gasteiger partial charge in [-0.25, -0.2) is 0 Å². The molecule has 388 valence electrons. The molecule has 13 nitrogen and oxygen atoms in total. The van der Waals surface area contributed by atoms with E-state index in [1.54, 1.807) is 72.8 Å². The molecule has 1 atom stereocenters. The van der Waals surface area contributed by atoms with Gasteiger partial charge >= 0.3 is 6.97 Å². The lowest BCUT2D eigenvalue weighted by molar-refractivity contribution is -0.360. The second-order valence-corrected chi connectivity index (χ2v) is 20.2. The van der Waals surface area contributed by atoms with Gasteiger partial charge in [-0.05, 0) is 127 Å². The van der Waals surface area contributed by atoms with Crippen LogP contribution in [0.15, 0.2) is 114 Å². The highest BCUT2D eigenvalue weighted by molar-refractivity contribution is 7.12. The number of halogens is 2. The minimum Gasteiger partial charge on any atom is -0.508 e. The van der Waals surface area contributed by atoms with Crippen LogP contribution >= 0.6 is 11.3 Å². The van der Waals surface area contributed by atoms with Crippen molar-refractivity contribution in [2.75, 3.05) is 51.7 Å². The highest BCUT2D eigenvalue weighted by Crippen LogP contribution is 2.36. The summed E-state index contributed by atoms with van der Waals surface area (Å²) in [5.74, 6) is 0.439. The molecule has 5 aromatic rings. The second-order valence-electron chi connectivity index (χ2n) is 19.2. The fraction of sp³-hybridized carbons (Fsp3) is 0.351. The standard InChI is InChI=1S/C57H66BF2N7O6S/c1-65-35-31-43-19-26-48(68)38-50(43)51(39-65)42-17-20-44(21-18-42)64-56(71)13-6-3-2-4-8-32-61-55(70)30-34-63-54(69)12-7-5-9-33-62-57(72)40-73-49-27-15-41(16-28-49)14-22-45-23-24-46-37-47-25-29-52(53-11-10-36-74-53)67(47)58(59,60)66(45)46/h10-11,14-29,36-38,51,68H,2-9,12-13,30-35,39-40H2,1H3,(H,61,70)(H,62,72)(H,63,69)(H,64,71)/b22-14+. The van der Waals surface area contributed by atoms with Crippen molar-refractivity contribution in [3.63, 3.8) is 0 Å². The van der Waals surface area contributed by atoms with E-state index in [0.29, 0.717) is 67.3 Å². The van der Waals surface area contributed by atoms with E-state index >= 15 is 8.63 Å². The first-order valence-electron chi connectivity index (χ1n) is 25.9. The molecule has 3 aromatic carbocycles. The molecule has 0 radical (unpaired) electrons. The summed E-state index contributed by atoms with van der Waals surface area (Å²) < 4.78 is 40.1. The SMILES string of the molecule is CN1CCc2ccc(O)cc2C(c2ccc(NC(=O)CCCCCCCNC(=O)CCNC(=O)CCCCCNC(=O)COc3ccc(/C=C/c4ccc5n4[B-](F)(F)[N+]4=C(c6cccs6)C=CC4=C5)cc3)cc2)C1. The Morgan fingerprint density at radius 2 is 1.47 bits per heavy atom. The Hall–Kier alpha value is -7.11. The van der Waals surface area contributed by atoms with E-state index in [0.717, 1.165) is 94.3 Å². The Labute approximate surface area is 436 Å². The van der Waals surface area contributed by atoms with Gasteiger partial charge in [0.1, 0.15) is 11.5 Å². The molecule has 17 heteroatoms. The number of amides is 4. The number of allylic oxidation sites excluding steroid dienone is 2. The summed E-state index contributed by atoms with van der Waals surface area (Å²) in [5, 5.41) is 23.6. The van der Waals surface area contributed by atoms with E-state index < -0.39 is 6.97 Å². The third kappa shape index (κ3) is 14.3. The Morgan fingerprint density at radius 3 is 2.24 bits per heavy atom. The summed E-state index contributed by atoms with van der Waals surface area (Å²) in [4.78, 5) is 52.7. The van der Waals surface area contributed by atoms with E-state index in [1.807, 2.05) is 41.8 Å². The molecule has 74 heavy (non-hydrogen) atoms. The predicted molar refractivity (Wildman–Crippen MR) is 291 cm³/mol. The normalized spacial score (nSPS) is 15.7. The molecule has 5 N–H and O–H groups in total.